The predicted octanol–water partition coefficient (Wildman–Crippen LogP) is 2.19. The first-order chi connectivity index (χ1) is 8.66. The second kappa shape index (κ2) is 5.09. The molecule has 2 N–H and O–H groups in total. The summed E-state index contributed by atoms with van der Waals surface area (Å²) in [6.07, 6.45) is 4.44. The van der Waals surface area contributed by atoms with Gasteiger partial charge in [0.15, 0.2) is 0 Å². The maximum absolute atomic E-state index is 9.77. The Morgan fingerprint density at radius 1 is 1.28 bits per heavy atom. The highest BCUT2D eigenvalue weighted by atomic mass is 16.6. The molecule has 0 spiro atoms. The SMILES string of the molecule is Cc1ccc2nc[nH]c2c1.O=[N+]([O-])c1ncc[nH]1. The van der Waals surface area contributed by atoms with Gasteiger partial charge in [-0.2, -0.15) is 0 Å². The van der Waals surface area contributed by atoms with Crippen LogP contribution in [0.1, 0.15) is 5.56 Å². The third-order valence-electron chi connectivity index (χ3n) is 2.23. The van der Waals surface area contributed by atoms with Gasteiger partial charge in [0.05, 0.1) is 23.6 Å². The van der Waals surface area contributed by atoms with E-state index in [1.807, 2.05) is 6.07 Å². The number of aromatic nitrogens is 4. The van der Waals surface area contributed by atoms with E-state index in [1.165, 1.54) is 18.0 Å². The minimum atomic E-state index is -0.583. The average Bonchev–Trinajstić information content (AvgIpc) is 3.00. The van der Waals surface area contributed by atoms with E-state index in [2.05, 4.69) is 39.0 Å². The van der Waals surface area contributed by atoms with E-state index in [0.29, 0.717) is 0 Å². The zero-order valence-corrected chi connectivity index (χ0v) is 9.62. The number of nitrogens with zero attached hydrogens (tertiary/aromatic N) is 3. The van der Waals surface area contributed by atoms with Crippen LogP contribution in [-0.4, -0.2) is 24.9 Å². The van der Waals surface area contributed by atoms with E-state index < -0.39 is 4.92 Å². The van der Waals surface area contributed by atoms with E-state index >= 15 is 0 Å². The van der Waals surface area contributed by atoms with Crippen LogP contribution in [0.15, 0.2) is 36.9 Å². The molecule has 0 radical (unpaired) electrons. The summed E-state index contributed by atoms with van der Waals surface area (Å²) < 4.78 is 0. The number of aromatic amines is 2. The summed E-state index contributed by atoms with van der Waals surface area (Å²) in [6.45, 7) is 2.07. The van der Waals surface area contributed by atoms with Crippen molar-refractivity contribution in [3.63, 3.8) is 0 Å². The maximum Gasteiger partial charge on any atom is 0.432 e. The predicted molar refractivity (Wildman–Crippen MR) is 66.1 cm³/mol. The van der Waals surface area contributed by atoms with Crippen molar-refractivity contribution >= 4 is 17.0 Å². The number of rotatable bonds is 1. The van der Waals surface area contributed by atoms with Crippen molar-refractivity contribution in [3.8, 4) is 0 Å². The standard InChI is InChI=1S/C8H8N2.C3H3N3O2/c1-6-2-3-7-8(4-6)10-5-9-7;7-6(8)3-4-1-2-5-3/h2-5H,1H3,(H,9,10);1-2H,(H,4,5). The Kier molecular flexibility index (Phi) is 3.33. The van der Waals surface area contributed by atoms with Gasteiger partial charge in [0.2, 0.25) is 0 Å². The van der Waals surface area contributed by atoms with Gasteiger partial charge in [-0.1, -0.05) is 11.1 Å². The minimum Gasteiger partial charge on any atom is -0.390 e. The number of imidazole rings is 2. The molecule has 0 saturated carbocycles. The van der Waals surface area contributed by atoms with Crippen molar-refractivity contribution in [2.75, 3.05) is 0 Å². The Labute approximate surface area is 102 Å². The van der Waals surface area contributed by atoms with Gasteiger partial charge < -0.3 is 15.1 Å². The summed E-state index contributed by atoms with van der Waals surface area (Å²) in [7, 11) is 0. The Morgan fingerprint density at radius 3 is 2.72 bits per heavy atom. The van der Waals surface area contributed by atoms with Crippen molar-refractivity contribution in [2.24, 2.45) is 0 Å². The highest BCUT2D eigenvalue weighted by Crippen LogP contribution is 2.09. The summed E-state index contributed by atoms with van der Waals surface area (Å²) >= 11 is 0. The Balaban J connectivity index is 0.000000138. The Hall–Kier alpha value is -2.70. The molecule has 0 aliphatic heterocycles. The number of H-pyrrole nitrogens is 2. The van der Waals surface area contributed by atoms with Crippen LogP contribution in [0.2, 0.25) is 0 Å². The van der Waals surface area contributed by atoms with Gasteiger partial charge in [0.1, 0.15) is 6.20 Å². The van der Waals surface area contributed by atoms with Gasteiger partial charge in [-0.05, 0) is 29.5 Å². The van der Waals surface area contributed by atoms with Crippen LogP contribution < -0.4 is 0 Å². The Bertz CT molecular complexity index is 644. The molecule has 0 saturated heterocycles. The largest absolute Gasteiger partial charge is 0.432 e. The number of hydrogen-bond acceptors (Lipinski definition) is 4. The molecule has 0 atom stereocenters. The maximum atomic E-state index is 9.77. The fourth-order valence-electron chi connectivity index (χ4n) is 1.41. The van der Waals surface area contributed by atoms with E-state index in [1.54, 1.807) is 6.33 Å². The second-order valence-electron chi connectivity index (χ2n) is 3.59. The van der Waals surface area contributed by atoms with E-state index in [4.69, 9.17) is 0 Å². The fourth-order valence-corrected chi connectivity index (χ4v) is 1.41. The minimum absolute atomic E-state index is 0.218. The third-order valence-corrected chi connectivity index (χ3v) is 2.23. The highest BCUT2D eigenvalue weighted by Gasteiger charge is 2.01. The summed E-state index contributed by atoms with van der Waals surface area (Å²) in [5.74, 6) is -0.218. The normalized spacial score (nSPS) is 9.83. The van der Waals surface area contributed by atoms with Crippen LogP contribution >= 0.6 is 0 Å². The van der Waals surface area contributed by atoms with Crippen molar-refractivity contribution < 1.29 is 4.92 Å². The molecule has 18 heavy (non-hydrogen) atoms. The van der Waals surface area contributed by atoms with Crippen LogP contribution in [0, 0.1) is 17.0 Å². The van der Waals surface area contributed by atoms with E-state index in [-0.39, 0.29) is 5.95 Å². The number of hydrogen-bond donors (Lipinski definition) is 2. The first-order valence-corrected chi connectivity index (χ1v) is 5.20. The van der Waals surface area contributed by atoms with Gasteiger partial charge in [-0.3, -0.25) is 0 Å². The van der Waals surface area contributed by atoms with Gasteiger partial charge in [0, 0.05) is 0 Å². The zero-order valence-electron chi connectivity index (χ0n) is 9.62. The fraction of sp³-hybridized carbons (Fsp3) is 0.0909. The highest BCUT2D eigenvalue weighted by molar-refractivity contribution is 5.74. The monoisotopic (exact) mass is 245 g/mol. The molecule has 7 heteroatoms. The molecule has 2 aromatic heterocycles. The average molecular weight is 245 g/mol. The lowest BCUT2D eigenvalue weighted by molar-refractivity contribution is -0.393. The van der Waals surface area contributed by atoms with Crippen molar-refractivity contribution in [2.45, 2.75) is 6.92 Å². The summed E-state index contributed by atoms with van der Waals surface area (Å²) in [6, 6.07) is 6.16. The quantitative estimate of drug-likeness (QED) is 0.506. The lowest BCUT2D eigenvalue weighted by atomic mass is 10.2. The molecule has 2 heterocycles. The molecular weight excluding hydrogens is 234 g/mol. The lowest BCUT2D eigenvalue weighted by Crippen LogP contribution is -1.88. The molecule has 0 fully saturated rings. The van der Waals surface area contributed by atoms with E-state index in [9.17, 15) is 10.1 Å². The molecule has 1 aromatic carbocycles. The van der Waals surface area contributed by atoms with Crippen molar-refractivity contribution in [3.05, 3.63) is 52.6 Å². The number of benzene rings is 1. The molecule has 7 nitrogen and oxygen atoms in total. The summed E-state index contributed by atoms with van der Waals surface area (Å²) in [5.41, 5.74) is 3.40. The zero-order chi connectivity index (χ0) is 13.0. The van der Waals surface area contributed by atoms with Crippen LogP contribution in [0.3, 0.4) is 0 Å². The molecule has 3 aromatic rings. The van der Waals surface area contributed by atoms with Gasteiger partial charge in [0.25, 0.3) is 0 Å². The van der Waals surface area contributed by atoms with Gasteiger partial charge >= 0.3 is 5.95 Å². The smallest absolute Gasteiger partial charge is 0.390 e. The van der Waals surface area contributed by atoms with E-state index in [0.717, 1.165) is 11.0 Å². The van der Waals surface area contributed by atoms with Gasteiger partial charge in [-0.15, -0.1) is 0 Å². The number of nitrogens with one attached hydrogen (secondary N) is 2. The van der Waals surface area contributed by atoms with Crippen LogP contribution in [0.5, 0.6) is 0 Å². The van der Waals surface area contributed by atoms with Crippen molar-refractivity contribution in [1.29, 1.82) is 0 Å². The van der Waals surface area contributed by atoms with Crippen LogP contribution in [0.4, 0.5) is 5.95 Å². The molecule has 3 rings (SSSR count). The number of fused-ring (bicyclic) bond motifs is 1. The topological polar surface area (TPSA) is 100 Å². The van der Waals surface area contributed by atoms with Crippen LogP contribution in [-0.2, 0) is 0 Å². The molecule has 0 aliphatic rings. The van der Waals surface area contributed by atoms with Crippen molar-refractivity contribution in [1.82, 2.24) is 19.9 Å². The molecule has 0 aliphatic carbocycles. The second-order valence-corrected chi connectivity index (χ2v) is 3.59. The lowest BCUT2D eigenvalue weighted by Gasteiger charge is -1.89. The third kappa shape index (κ3) is 2.70. The summed E-state index contributed by atoms with van der Waals surface area (Å²) in [4.78, 5) is 22.0. The molecule has 0 unspecified atom stereocenters. The molecular formula is C11H11N5O2. The number of nitro groups is 1. The van der Waals surface area contributed by atoms with Gasteiger partial charge in [-0.25, -0.2) is 9.97 Å². The molecule has 0 amide bonds. The van der Waals surface area contributed by atoms with Crippen LogP contribution in [0.25, 0.3) is 11.0 Å². The summed E-state index contributed by atoms with van der Waals surface area (Å²) in [5, 5.41) is 9.77. The first kappa shape index (κ1) is 11.8. The Morgan fingerprint density at radius 2 is 2.11 bits per heavy atom. The molecule has 92 valence electrons. The molecule has 0 bridgehead atoms. The first-order valence-electron chi connectivity index (χ1n) is 5.20. The number of aryl methyl sites for hydroxylation is 1.